The number of hydrogen-bond donors (Lipinski definition) is 0. The average molecular weight is 358 g/mol. The van der Waals surface area contributed by atoms with E-state index in [2.05, 4.69) is 6.58 Å². The van der Waals surface area contributed by atoms with Crippen molar-refractivity contribution >= 4 is 1.30 Å². The molecule has 0 unspecified atom stereocenters. The molecule has 61 valence electrons. The summed E-state index contributed by atoms with van der Waals surface area (Å²) in [6.07, 6.45) is 1.34. The first-order valence-corrected chi connectivity index (χ1v) is 2.72. The van der Waals surface area contributed by atoms with Crippen molar-refractivity contribution < 1.29 is 94.4 Å². The Morgan fingerprint density at radius 3 is 1.40 bits per heavy atom. The monoisotopic (exact) mass is 357 g/mol. The molecule has 0 fully saturated rings. The number of carbonyl (C=O) groups is 1. The fraction of sp³-hybridized carbons (Fsp3) is 0. The van der Waals surface area contributed by atoms with Crippen LogP contribution in [0.2, 0.25) is 0 Å². The minimum atomic E-state index is 0. The maximum absolute atomic E-state index is 9.76. The van der Waals surface area contributed by atoms with Crippen LogP contribution in [0.25, 0.3) is 0 Å². The van der Waals surface area contributed by atoms with E-state index in [1.54, 1.807) is 0 Å². The summed E-state index contributed by atoms with van der Waals surface area (Å²) in [5, 5.41) is 0. The fourth-order valence-corrected chi connectivity index (χ4v) is 0. The Kier molecular flexibility index (Phi) is 128. The van der Waals surface area contributed by atoms with E-state index < -0.39 is 0 Å². The quantitative estimate of drug-likeness (QED) is 0.474. The van der Waals surface area contributed by atoms with Gasteiger partial charge in [-0.2, -0.15) is 0 Å². The van der Waals surface area contributed by atoms with Gasteiger partial charge in [-0.05, 0) is 0 Å². The van der Waals surface area contributed by atoms with Gasteiger partial charge >= 0.3 is 92.0 Å². The maximum Gasteiger partial charge on any atom is 2.00 e. The standard InChI is InChI=1S/C3H3O.Ce.Fe.Ni.3O/c1-2-3-4;;;;;;/h2H,1H2;;;;;;/q;3*+2;3*-2. The van der Waals surface area contributed by atoms with Crippen molar-refractivity contribution in [3.63, 3.8) is 0 Å². The van der Waals surface area contributed by atoms with Gasteiger partial charge in [0.2, 0.25) is 0 Å². The van der Waals surface area contributed by atoms with Crippen LogP contribution in [0.15, 0.2) is 12.7 Å². The first kappa shape index (κ1) is 41.3. The van der Waals surface area contributed by atoms with Crippen LogP contribution in [0.3, 0.4) is 0 Å². The predicted octanol–water partition coefficient (Wildman–Crippen LogP) is -0.113. The molecule has 7 heteroatoms. The summed E-state index contributed by atoms with van der Waals surface area (Å²) >= 11 is 0.613. The van der Waals surface area contributed by atoms with Gasteiger partial charge in [-0.1, -0.05) is 0 Å². The van der Waals surface area contributed by atoms with E-state index in [1.807, 2.05) is 0 Å². The normalized spacial score (nSPS) is 3.40. The average Bonchev–Trinajstić information content (AvgIpc) is 1.38. The molecule has 0 aromatic heterocycles. The molecule has 0 bridgehead atoms. The van der Waals surface area contributed by atoms with E-state index in [1.165, 1.54) is 6.08 Å². The van der Waals surface area contributed by atoms with Gasteiger partial charge in [0.1, 0.15) is 0 Å². The molecule has 0 N–H and O–H groups in total. The van der Waals surface area contributed by atoms with E-state index in [0.717, 1.165) is 0 Å². The van der Waals surface area contributed by atoms with Crippen molar-refractivity contribution in [2.75, 3.05) is 0 Å². The SMILES string of the molecule is C=C[C](=O)[Ce+2].[Fe+2].[Ni+2].[O-2].[O-2].[O-2]. The van der Waals surface area contributed by atoms with Gasteiger partial charge in [-0.3, -0.25) is 0 Å². The Bertz CT molecular complexity index is 71.5. The summed E-state index contributed by atoms with van der Waals surface area (Å²) in [7, 11) is 0. The Balaban J connectivity index is -0.00000000800. The van der Waals surface area contributed by atoms with Gasteiger partial charge in [0, 0.05) is 0 Å². The van der Waals surface area contributed by atoms with Crippen LogP contribution in [0, 0.1) is 39.6 Å². The Morgan fingerprint density at radius 2 is 1.40 bits per heavy atom. The van der Waals surface area contributed by atoms with Gasteiger partial charge in [-0.25, -0.2) is 0 Å². The van der Waals surface area contributed by atoms with Crippen molar-refractivity contribution in [2.45, 2.75) is 0 Å². The van der Waals surface area contributed by atoms with Gasteiger partial charge in [0.05, 0.1) is 0 Å². The number of allylic oxidation sites excluding steroid dienone is 1. The first-order valence-electron chi connectivity index (χ1n) is 1.15. The molecule has 0 spiro atoms. The van der Waals surface area contributed by atoms with Crippen LogP contribution in [0.5, 0.6) is 0 Å². The second-order valence-corrected chi connectivity index (χ2v) is 2.12. The van der Waals surface area contributed by atoms with E-state index in [-0.39, 0.29) is 51.3 Å². The van der Waals surface area contributed by atoms with Crippen molar-refractivity contribution in [1.82, 2.24) is 0 Å². The van der Waals surface area contributed by atoms with Crippen molar-refractivity contribution in [3.8, 4) is 0 Å². The minimum absolute atomic E-state index is 0. The van der Waals surface area contributed by atoms with Crippen LogP contribution in [0.4, 0.5) is 0 Å². The Morgan fingerprint density at radius 1 is 1.30 bits per heavy atom. The van der Waals surface area contributed by atoms with Crippen LogP contribution >= 0.6 is 0 Å². The van der Waals surface area contributed by atoms with E-state index in [9.17, 15) is 4.79 Å². The van der Waals surface area contributed by atoms with Crippen LogP contribution in [-0.2, 0) is 54.8 Å². The largest absolute Gasteiger partial charge is 2.00 e. The molecule has 0 aromatic rings. The zero-order chi connectivity index (χ0) is 4.28. The number of rotatable bonds is 1. The molecular weight excluding hydrogens is 355 g/mol. The molecule has 0 atom stereocenters. The molecule has 0 aliphatic rings. The molecule has 0 saturated carbocycles. The second-order valence-electron chi connectivity index (χ2n) is 0.568. The summed E-state index contributed by atoms with van der Waals surface area (Å²) in [5.74, 6) is 0. The molecule has 0 aliphatic heterocycles. The minimum Gasteiger partial charge on any atom is -2.00 e. The predicted molar refractivity (Wildman–Crippen MR) is 17.3 cm³/mol. The van der Waals surface area contributed by atoms with Crippen LogP contribution in [0.1, 0.15) is 0 Å². The molecule has 10 heavy (non-hydrogen) atoms. The van der Waals surface area contributed by atoms with Gasteiger partial charge in [0.15, 0.2) is 0 Å². The number of hydrogen-bond acceptors (Lipinski definition) is 1. The van der Waals surface area contributed by atoms with Gasteiger partial charge in [0.25, 0.3) is 0 Å². The fourth-order valence-electron chi connectivity index (χ4n) is 0. The topological polar surface area (TPSA) is 103 Å². The summed E-state index contributed by atoms with van der Waals surface area (Å²) in [6, 6.07) is 0. The maximum atomic E-state index is 9.76. The molecule has 0 aromatic carbocycles. The summed E-state index contributed by atoms with van der Waals surface area (Å²) in [6.45, 7) is 3.25. The molecule has 0 rings (SSSR count). The second kappa shape index (κ2) is 31.0. The van der Waals surface area contributed by atoms with Crippen molar-refractivity contribution in [3.05, 3.63) is 12.7 Å². The Hall–Kier alpha value is 1.68. The molecule has 0 saturated heterocycles. The van der Waals surface area contributed by atoms with E-state index >= 15 is 0 Å². The molecular formula is C3H3CeFeNiO4. The summed E-state index contributed by atoms with van der Waals surface area (Å²) in [5.41, 5.74) is 0. The molecule has 0 aliphatic carbocycles. The summed E-state index contributed by atoms with van der Waals surface area (Å²) in [4.78, 5) is 9.76. The third-order valence-corrected chi connectivity index (χ3v) is 0.826. The van der Waals surface area contributed by atoms with E-state index in [4.69, 9.17) is 0 Å². The third-order valence-electron chi connectivity index (χ3n) is 0.185. The number of carbonyl (C=O) groups excluding carboxylic acids is 1. The van der Waals surface area contributed by atoms with Crippen molar-refractivity contribution in [1.29, 1.82) is 0 Å². The molecule has 0 radical (unpaired) electrons. The van der Waals surface area contributed by atoms with Crippen LogP contribution in [-0.4, -0.2) is 1.30 Å². The summed E-state index contributed by atoms with van der Waals surface area (Å²) < 4.78 is 0.157. The first-order chi connectivity index (χ1) is 2.27. The third kappa shape index (κ3) is 53.9. The molecule has 0 heterocycles. The smallest absolute Gasteiger partial charge is 2.00 e. The van der Waals surface area contributed by atoms with Gasteiger partial charge < -0.3 is 16.4 Å². The Labute approximate surface area is 107 Å². The zero-order valence-electron chi connectivity index (χ0n) is 4.59. The zero-order valence-corrected chi connectivity index (χ0v) is 9.82. The van der Waals surface area contributed by atoms with E-state index in [0.29, 0.717) is 39.6 Å². The molecule has 0 amide bonds. The molecule has 4 nitrogen and oxygen atoms in total. The van der Waals surface area contributed by atoms with Crippen molar-refractivity contribution in [2.24, 2.45) is 0 Å². The van der Waals surface area contributed by atoms with Crippen LogP contribution < -0.4 is 0 Å². The van der Waals surface area contributed by atoms with Gasteiger partial charge in [-0.15, -0.1) is 0 Å².